The second-order valence-corrected chi connectivity index (χ2v) is 4.38. The third kappa shape index (κ3) is 2.53. The topological polar surface area (TPSA) is 52.6 Å². The summed E-state index contributed by atoms with van der Waals surface area (Å²) in [4.78, 5) is 23.6. The number of aryl methyl sites for hydroxylation is 1. The van der Waals surface area contributed by atoms with Crippen LogP contribution in [0.5, 0.6) is 5.75 Å². The molecule has 1 aliphatic rings. The third-order valence-electron chi connectivity index (χ3n) is 2.93. The van der Waals surface area contributed by atoms with Gasteiger partial charge >= 0.3 is 5.97 Å². The van der Waals surface area contributed by atoms with E-state index in [-0.39, 0.29) is 24.8 Å². The normalized spacial score (nSPS) is 17.9. The number of benzene rings is 1. The fourth-order valence-corrected chi connectivity index (χ4v) is 2.02. The summed E-state index contributed by atoms with van der Waals surface area (Å²) in [5.74, 6) is -0.215. The van der Waals surface area contributed by atoms with Crippen LogP contribution in [0.1, 0.15) is 29.3 Å². The number of fused-ring (bicyclic) bond motifs is 1. The Kier molecular flexibility index (Phi) is 3.65. The summed E-state index contributed by atoms with van der Waals surface area (Å²) in [5.41, 5.74) is 1.57. The number of esters is 1. The van der Waals surface area contributed by atoms with Gasteiger partial charge in [0.2, 0.25) is 0 Å². The van der Waals surface area contributed by atoms with Gasteiger partial charge < -0.3 is 9.47 Å². The van der Waals surface area contributed by atoms with Crippen LogP contribution in [-0.2, 0) is 9.53 Å². The van der Waals surface area contributed by atoms with E-state index in [1.807, 2.05) is 13.0 Å². The van der Waals surface area contributed by atoms with Crippen LogP contribution in [0.2, 0.25) is 0 Å². The maximum atomic E-state index is 12.2. The Morgan fingerprint density at radius 1 is 1.50 bits per heavy atom. The van der Waals surface area contributed by atoms with Gasteiger partial charge in [-0.3, -0.25) is 9.59 Å². The Hall–Kier alpha value is -1.84. The van der Waals surface area contributed by atoms with E-state index in [0.29, 0.717) is 17.9 Å². The van der Waals surface area contributed by atoms with Crippen molar-refractivity contribution < 1.29 is 19.1 Å². The molecule has 0 bridgehead atoms. The van der Waals surface area contributed by atoms with Crippen molar-refractivity contribution in [1.29, 1.82) is 0 Å². The molecule has 0 aromatic heterocycles. The number of hydrogen-bond donors (Lipinski definition) is 0. The molecule has 0 aliphatic carbocycles. The number of hydrogen-bond acceptors (Lipinski definition) is 4. The Bertz CT molecular complexity index is 479. The Balaban J connectivity index is 2.15. The molecule has 1 aliphatic heterocycles. The van der Waals surface area contributed by atoms with Gasteiger partial charge in [-0.1, -0.05) is 11.6 Å². The summed E-state index contributed by atoms with van der Waals surface area (Å²) in [6.07, 6.45) is 0.0834. The van der Waals surface area contributed by atoms with Gasteiger partial charge in [0, 0.05) is 0 Å². The Labute approximate surface area is 106 Å². The molecule has 0 amide bonds. The van der Waals surface area contributed by atoms with Crippen LogP contribution in [0, 0.1) is 12.8 Å². The van der Waals surface area contributed by atoms with Gasteiger partial charge in [0.1, 0.15) is 5.75 Å². The molecule has 1 heterocycles. The zero-order valence-electron chi connectivity index (χ0n) is 10.6. The lowest BCUT2D eigenvalue weighted by Crippen LogP contribution is -2.30. The predicted octanol–water partition coefficient (Wildman–Crippen LogP) is 2.14. The molecule has 2 rings (SSSR count). The van der Waals surface area contributed by atoms with Crippen molar-refractivity contribution in [2.45, 2.75) is 20.3 Å². The third-order valence-corrected chi connectivity index (χ3v) is 2.93. The molecule has 1 aromatic rings. The zero-order valence-corrected chi connectivity index (χ0v) is 10.6. The molecule has 0 N–H and O–H groups in total. The SMILES string of the molecule is CCOC(=O)C[C@@H]1COc2ccc(C)cc2C1=O. The number of carbonyl (C=O) groups is 2. The molecular weight excluding hydrogens is 232 g/mol. The monoisotopic (exact) mass is 248 g/mol. The Morgan fingerprint density at radius 3 is 3.00 bits per heavy atom. The maximum absolute atomic E-state index is 12.2. The Morgan fingerprint density at radius 2 is 2.28 bits per heavy atom. The molecular formula is C14H16O4. The molecule has 1 aromatic carbocycles. The minimum atomic E-state index is -0.432. The molecule has 0 fully saturated rings. The highest BCUT2D eigenvalue weighted by Gasteiger charge is 2.30. The smallest absolute Gasteiger partial charge is 0.306 e. The number of carbonyl (C=O) groups excluding carboxylic acids is 2. The molecule has 96 valence electrons. The van der Waals surface area contributed by atoms with E-state index in [9.17, 15) is 9.59 Å². The van der Waals surface area contributed by atoms with Gasteiger partial charge in [-0.2, -0.15) is 0 Å². The average molecular weight is 248 g/mol. The number of Topliss-reactive ketones (excluding diaryl/α,β-unsaturated/α-hetero) is 1. The highest BCUT2D eigenvalue weighted by Crippen LogP contribution is 2.29. The first-order chi connectivity index (χ1) is 8.61. The molecule has 0 saturated carbocycles. The van der Waals surface area contributed by atoms with Crippen LogP contribution in [0.3, 0.4) is 0 Å². The predicted molar refractivity (Wildman–Crippen MR) is 65.7 cm³/mol. The van der Waals surface area contributed by atoms with E-state index in [4.69, 9.17) is 9.47 Å². The van der Waals surface area contributed by atoms with E-state index in [1.54, 1.807) is 19.1 Å². The number of ether oxygens (including phenoxy) is 2. The first-order valence-electron chi connectivity index (χ1n) is 6.05. The standard InChI is InChI=1S/C14H16O4/c1-3-17-13(15)7-10-8-18-12-5-4-9(2)6-11(12)14(10)16/h4-6,10H,3,7-8H2,1-2H3/t10-/m1/s1. The molecule has 0 unspecified atom stereocenters. The van der Waals surface area contributed by atoms with Gasteiger partial charge in [-0.05, 0) is 26.0 Å². The summed E-state index contributed by atoms with van der Waals surface area (Å²) >= 11 is 0. The quantitative estimate of drug-likeness (QED) is 0.769. The highest BCUT2D eigenvalue weighted by atomic mass is 16.5. The number of rotatable bonds is 3. The average Bonchev–Trinajstić information content (AvgIpc) is 2.34. The van der Waals surface area contributed by atoms with Crippen LogP contribution in [-0.4, -0.2) is 25.0 Å². The fourth-order valence-electron chi connectivity index (χ4n) is 2.02. The van der Waals surface area contributed by atoms with Gasteiger partial charge in [0.15, 0.2) is 5.78 Å². The summed E-state index contributed by atoms with van der Waals surface area (Å²) in [6, 6.07) is 5.50. The summed E-state index contributed by atoms with van der Waals surface area (Å²) < 4.78 is 10.4. The van der Waals surface area contributed by atoms with Crippen LogP contribution >= 0.6 is 0 Å². The van der Waals surface area contributed by atoms with Crippen LogP contribution < -0.4 is 4.74 Å². The van der Waals surface area contributed by atoms with E-state index in [1.165, 1.54) is 0 Å². The van der Waals surface area contributed by atoms with Crippen molar-refractivity contribution in [3.05, 3.63) is 29.3 Å². The first-order valence-corrected chi connectivity index (χ1v) is 6.05. The van der Waals surface area contributed by atoms with E-state index >= 15 is 0 Å². The largest absolute Gasteiger partial charge is 0.492 e. The molecule has 0 saturated heterocycles. The molecule has 18 heavy (non-hydrogen) atoms. The van der Waals surface area contributed by atoms with E-state index in [0.717, 1.165) is 5.56 Å². The van der Waals surface area contributed by atoms with E-state index in [2.05, 4.69) is 0 Å². The van der Waals surface area contributed by atoms with Gasteiger partial charge in [0.25, 0.3) is 0 Å². The summed E-state index contributed by atoms with van der Waals surface area (Å²) in [6.45, 7) is 4.24. The minimum Gasteiger partial charge on any atom is -0.492 e. The lowest BCUT2D eigenvalue weighted by molar-refractivity contribution is -0.144. The second-order valence-electron chi connectivity index (χ2n) is 4.38. The summed E-state index contributed by atoms with van der Waals surface area (Å²) in [7, 11) is 0. The van der Waals surface area contributed by atoms with Crippen molar-refractivity contribution in [3.8, 4) is 5.75 Å². The zero-order chi connectivity index (χ0) is 13.1. The van der Waals surface area contributed by atoms with Gasteiger partial charge in [0.05, 0.1) is 31.1 Å². The van der Waals surface area contributed by atoms with Crippen molar-refractivity contribution in [2.24, 2.45) is 5.92 Å². The summed E-state index contributed by atoms with van der Waals surface area (Å²) in [5, 5.41) is 0. The number of ketones is 1. The van der Waals surface area contributed by atoms with Crippen molar-refractivity contribution in [1.82, 2.24) is 0 Å². The van der Waals surface area contributed by atoms with Crippen molar-refractivity contribution in [2.75, 3.05) is 13.2 Å². The molecule has 0 radical (unpaired) electrons. The lowest BCUT2D eigenvalue weighted by atomic mass is 9.91. The van der Waals surface area contributed by atoms with Crippen LogP contribution in [0.4, 0.5) is 0 Å². The van der Waals surface area contributed by atoms with Crippen molar-refractivity contribution >= 4 is 11.8 Å². The van der Waals surface area contributed by atoms with Gasteiger partial charge in [-0.15, -0.1) is 0 Å². The molecule has 1 atom stereocenters. The van der Waals surface area contributed by atoms with Crippen LogP contribution in [0.15, 0.2) is 18.2 Å². The van der Waals surface area contributed by atoms with Gasteiger partial charge in [-0.25, -0.2) is 0 Å². The van der Waals surface area contributed by atoms with E-state index < -0.39 is 5.92 Å². The maximum Gasteiger partial charge on any atom is 0.306 e. The van der Waals surface area contributed by atoms with Crippen molar-refractivity contribution in [3.63, 3.8) is 0 Å². The molecule has 0 spiro atoms. The molecule has 4 nitrogen and oxygen atoms in total. The molecule has 4 heteroatoms. The second kappa shape index (κ2) is 5.21. The highest BCUT2D eigenvalue weighted by molar-refractivity contribution is 6.02. The first kappa shape index (κ1) is 12.6. The van der Waals surface area contributed by atoms with Crippen LogP contribution in [0.25, 0.3) is 0 Å². The minimum absolute atomic E-state index is 0.0343. The fraction of sp³-hybridized carbons (Fsp3) is 0.429. The lowest BCUT2D eigenvalue weighted by Gasteiger charge is -2.23.